The first-order chi connectivity index (χ1) is 9.12. The predicted molar refractivity (Wildman–Crippen MR) is 77.0 cm³/mol. The number of hydrogen-bond acceptors (Lipinski definition) is 4. The van der Waals surface area contributed by atoms with Crippen molar-refractivity contribution in [3.63, 3.8) is 0 Å². The molecule has 1 saturated carbocycles. The normalized spacial score (nSPS) is 36.8. The molecule has 3 N–H and O–H groups in total. The molecule has 2 heterocycles. The lowest BCUT2D eigenvalue weighted by Gasteiger charge is -2.49. The van der Waals surface area contributed by atoms with Crippen LogP contribution in [0.15, 0.2) is 0 Å². The molecule has 0 radical (unpaired) electrons. The van der Waals surface area contributed by atoms with Crippen molar-refractivity contribution in [2.24, 2.45) is 11.7 Å². The molecule has 19 heavy (non-hydrogen) atoms. The minimum Gasteiger partial charge on any atom is -0.387 e. The Bertz CT molecular complexity index is 321. The minimum atomic E-state index is -0.634. The number of aliphatic hydroxyl groups is 1. The molecule has 2 saturated heterocycles. The second-order valence-electron chi connectivity index (χ2n) is 7.00. The maximum Gasteiger partial charge on any atom is 0.0923 e. The number of nitrogens with two attached hydrogens (primary N) is 1. The van der Waals surface area contributed by atoms with Crippen molar-refractivity contribution in [3.8, 4) is 0 Å². The molecule has 4 nitrogen and oxygen atoms in total. The topological polar surface area (TPSA) is 52.7 Å². The largest absolute Gasteiger partial charge is 0.387 e. The van der Waals surface area contributed by atoms with Crippen LogP contribution in [0.2, 0.25) is 0 Å². The van der Waals surface area contributed by atoms with Crippen LogP contribution >= 0.6 is 0 Å². The molecule has 3 atom stereocenters. The first-order valence-electron chi connectivity index (χ1n) is 8.03. The van der Waals surface area contributed by atoms with Crippen molar-refractivity contribution in [2.45, 2.75) is 56.7 Å². The highest BCUT2D eigenvalue weighted by Gasteiger charge is 2.45. The van der Waals surface area contributed by atoms with E-state index in [9.17, 15) is 5.11 Å². The van der Waals surface area contributed by atoms with Gasteiger partial charge in [0, 0.05) is 38.3 Å². The fraction of sp³-hybridized carbons (Fsp3) is 1.00. The van der Waals surface area contributed by atoms with E-state index < -0.39 is 5.60 Å². The van der Waals surface area contributed by atoms with Gasteiger partial charge in [0.25, 0.3) is 0 Å². The first-order valence-corrected chi connectivity index (χ1v) is 8.03. The summed E-state index contributed by atoms with van der Waals surface area (Å²) < 4.78 is 0. The first kappa shape index (κ1) is 13.8. The van der Waals surface area contributed by atoms with Crippen molar-refractivity contribution in [2.75, 3.05) is 32.7 Å². The molecule has 0 aromatic rings. The molecule has 110 valence electrons. The van der Waals surface area contributed by atoms with Crippen LogP contribution in [0.5, 0.6) is 0 Å². The third-order valence-electron chi connectivity index (χ3n) is 5.48. The van der Waals surface area contributed by atoms with Crippen LogP contribution in [0.3, 0.4) is 0 Å². The summed E-state index contributed by atoms with van der Waals surface area (Å²) in [5.74, 6) is 0.453. The Morgan fingerprint density at radius 3 is 2.68 bits per heavy atom. The number of piperazine rings is 1. The molecule has 0 bridgehead atoms. The summed E-state index contributed by atoms with van der Waals surface area (Å²) in [6.45, 7) is 7.04. The summed E-state index contributed by atoms with van der Waals surface area (Å²) in [4.78, 5) is 5.15. The average molecular weight is 267 g/mol. The number of fused-ring (bicyclic) bond motifs is 1. The van der Waals surface area contributed by atoms with E-state index in [2.05, 4.69) is 16.7 Å². The SMILES string of the molecule is CC1CN2CCCCC2CN1CC(O)(CN)C1CC1. The van der Waals surface area contributed by atoms with Gasteiger partial charge in [-0.2, -0.15) is 0 Å². The number of β-amino-alcohol motifs (C(OH)–C–C–N with tert-alkyl or cyclic N) is 1. The smallest absolute Gasteiger partial charge is 0.0923 e. The van der Waals surface area contributed by atoms with Crippen LogP contribution in [0, 0.1) is 5.92 Å². The zero-order chi connectivity index (χ0) is 13.5. The molecular weight excluding hydrogens is 238 g/mol. The summed E-state index contributed by atoms with van der Waals surface area (Å²) >= 11 is 0. The third kappa shape index (κ3) is 2.82. The Hall–Kier alpha value is -0.160. The lowest BCUT2D eigenvalue weighted by Crippen LogP contribution is -2.62. The molecule has 3 fully saturated rings. The van der Waals surface area contributed by atoms with Crippen molar-refractivity contribution >= 4 is 0 Å². The van der Waals surface area contributed by atoms with Gasteiger partial charge in [-0.3, -0.25) is 9.80 Å². The maximum absolute atomic E-state index is 10.7. The van der Waals surface area contributed by atoms with Crippen molar-refractivity contribution in [1.29, 1.82) is 0 Å². The molecule has 0 aromatic carbocycles. The van der Waals surface area contributed by atoms with Gasteiger partial charge in [-0.1, -0.05) is 6.42 Å². The fourth-order valence-electron chi connectivity index (χ4n) is 3.97. The zero-order valence-corrected chi connectivity index (χ0v) is 12.2. The zero-order valence-electron chi connectivity index (χ0n) is 12.2. The lowest BCUT2D eigenvalue weighted by molar-refractivity contribution is -0.0540. The van der Waals surface area contributed by atoms with E-state index in [0.717, 1.165) is 32.5 Å². The quantitative estimate of drug-likeness (QED) is 0.785. The second-order valence-corrected chi connectivity index (χ2v) is 7.00. The number of nitrogens with zero attached hydrogens (tertiary/aromatic N) is 2. The molecule has 3 aliphatic rings. The van der Waals surface area contributed by atoms with Gasteiger partial charge < -0.3 is 10.8 Å². The molecule has 3 unspecified atom stereocenters. The highest BCUT2D eigenvalue weighted by Crippen LogP contribution is 2.40. The molecule has 1 aliphatic carbocycles. The Morgan fingerprint density at radius 1 is 1.21 bits per heavy atom. The van der Waals surface area contributed by atoms with Crippen LogP contribution in [0.4, 0.5) is 0 Å². The second kappa shape index (κ2) is 5.32. The Balaban J connectivity index is 1.63. The number of hydrogen-bond donors (Lipinski definition) is 2. The highest BCUT2D eigenvalue weighted by atomic mass is 16.3. The molecule has 0 amide bonds. The summed E-state index contributed by atoms with van der Waals surface area (Å²) in [7, 11) is 0. The number of rotatable bonds is 4. The van der Waals surface area contributed by atoms with Crippen molar-refractivity contribution in [3.05, 3.63) is 0 Å². The monoisotopic (exact) mass is 267 g/mol. The fourth-order valence-corrected chi connectivity index (χ4v) is 3.97. The summed E-state index contributed by atoms with van der Waals surface area (Å²) in [6.07, 6.45) is 6.37. The number of piperidine rings is 1. The Labute approximate surface area is 116 Å². The molecule has 4 heteroatoms. The van der Waals surface area contributed by atoms with E-state index in [-0.39, 0.29) is 0 Å². The minimum absolute atomic E-state index is 0.412. The van der Waals surface area contributed by atoms with Gasteiger partial charge in [0.2, 0.25) is 0 Å². The summed E-state index contributed by atoms with van der Waals surface area (Å²) in [5.41, 5.74) is 5.22. The van der Waals surface area contributed by atoms with E-state index in [0.29, 0.717) is 24.5 Å². The lowest BCUT2D eigenvalue weighted by atomic mass is 9.92. The Kier molecular flexibility index (Phi) is 3.87. The highest BCUT2D eigenvalue weighted by molar-refractivity contribution is 5.00. The van der Waals surface area contributed by atoms with E-state index >= 15 is 0 Å². The maximum atomic E-state index is 10.7. The van der Waals surface area contributed by atoms with Gasteiger partial charge in [0.1, 0.15) is 0 Å². The van der Waals surface area contributed by atoms with Gasteiger partial charge in [-0.15, -0.1) is 0 Å². The van der Waals surface area contributed by atoms with Crippen molar-refractivity contribution in [1.82, 2.24) is 9.80 Å². The van der Waals surface area contributed by atoms with Gasteiger partial charge in [-0.25, -0.2) is 0 Å². The third-order valence-corrected chi connectivity index (χ3v) is 5.48. The van der Waals surface area contributed by atoms with Crippen LogP contribution in [-0.2, 0) is 0 Å². The van der Waals surface area contributed by atoms with Crippen LogP contribution in [0.25, 0.3) is 0 Å². The van der Waals surface area contributed by atoms with E-state index in [1.165, 1.54) is 25.8 Å². The molecule has 0 spiro atoms. The molecule has 0 aromatic heterocycles. The van der Waals surface area contributed by atoms with E-state index in [1.54, 1.807) is 0 Å². The van der Waals surface area contributed by atoms with E-state index in [4.69, 9.17) is 5.73 Å². The summed E-state index contributed by atoms with van der Waals surface area (Å²) in [5, 5.41) is 10.7. The molecular formula is C15H29N3O. The Morgan fingerprint density at radius 2 is 2.00 bits per heavy atom. The standard InChI is InChI=1S/C15H29N3O/c1-12-8-17-7-3-2-4-14(17)9-18(12)11-15(19,10-16)13-5-6-13/h12-14,19H,2-11,16H2,1H3. The average Bonchev–Trinajstić information content (AvgIpc) is 3.24. The van der Waals surface area contributed by atoms with E-state index in [1.807, 2.05) is 0 Å². The van der Waals surface area contributed by atoms with Gasteiger partial charge in [0.15, 0.2) is 0 Å². The van der Waals surface area contributed by atoms with Gasteiger partial charge in [0.05, 0.1) is 5.60 Å². The molecule has 2 aliphatic heterocycles. The van der Waals surface area contributed by atoms with Crippen LogP contribution < -0.4 is 5.73 Å². The van der Waals surface area contributed by atoms with Crippen molar-refractivity contribution < 1.29 is 5.11 Å². The van der Waals surface area contributed by atoms with Gasteiger partial charge >= 0.3 is 0 Å². The summed E-state index contributed by atoms with van der Waals surface area (Å²) in [6, 6.07) is 1.26. The predicted octanol–water partition coefficient (Wildman–Crippen LogP) is 0.645. The van der Waals surface area contributed by atoms with Gasteiger partial charge in [-0.05, 0) is 45.1 Å². The molecule has 3 rings (SSSR count). The van der Waals surface area contributed by atoms with Crippen LogP contribution in [0.1, 0.15) is 39.0 Å². The van der Waals surface area contributed by atoms with Crippen LogP contribution in [-0.4, -0.2) is 65.3 Å².